The molecule has 1 heterocycles. The number of nitrogens with one attached hydrogen (secondary N) is 1. The van der Waals surface area contributed by atoms with E-state index in [0.717, 1.165) is 23.1 Å². The number of carbonyl (C=O) groups excluding carboxylic acids is 3. The van der Waals surface area contributed by atoms with E-state index in [1.807, 2.05) is 0 Å². The van der Waals surface area contributed by atoms with Crippen LogP contribution in [0.15, 0.2) is 70.7 Å². The summed E-state index contributed by atoms with van der Waals surface area (Å²) in [5.41, 5.74) is -0.976. The highest BCUT2D eigenvalue weighted by molar-refractivity contribution is 9.10. The van der Waals surface area contributed by atoms with E-state index in [2.05, 4.69) is 21.2 Å². The molecule has 0 aliphatic carbocycles. The molecule has 0 atom stereocenters. The second-order valence-electron chi connectivity index (χ2n) is 7.37. The Hall–Kier alpha value is -4.62. The molecule has 12 nitrogen and oxygen atoms in total. The number of hydrogen-bond donors (Lipinski definition) is 1. The third-order valence-electron chi connectivity index (χ3n) is 5.03. The molecule has 1 N–H and O–H groups in total. The Morgan fingerprint density at radius 2 is 1.65 bits per heavy atom. The standard InChI is InChI=1S/C23H12BrClN4O8/c24-15-10-12(5-7-19(15)37-20-8-6-13(28(33)34)11-18(20)29(35)36)9-14-21(30)26-23(32)27(22(14)31)17-4-2-1-3-16(17)25/h1-11H,(H,26,30,32)/b14-9+. The summed E-state index contributed by atoms with van der Waals surface area (Å²) < 4.78 is 5.87. The second-order valence-corrected chi connectivity index (χ2v) is 8.63. The lowest BCUT2D eigenvalue weighted by Gasteiger charge is -2.27. The Balaban J connectivity index is 1.65. The minimum Gasteiger partial charge on any atom is -0.449 e. The van der Waals surface area contributed by atoms with Crippen LogP contribution < -0.4 is 15.0 Å². The van der Waals surface area contributed by atoms with Gasteiger partial charge in [-0.3, -0.25) is 35.1 Å². The van der Waals surface area contributed by atoms with Crippen LogP contribution in [0, 0.1) is 20.2 Å². The first-order chi connectivity index (χ1) is 17.6. The molecule has 0 unspecified atom stereocenters. The molecule has 0 radical (unpaired) electrons. The summed E-state index contributed by atoms with van der Waals surface area (Å²) in [5.74, 6) is -1.92. The minimum atomic E-state index is -0.949. The Bertz CT molecular complexity index is 1540. The molecule has 186 valence electrons. The molecule has 1 fully saturated rings. The number of rotatable bonds is 6. The van der Waals surface area contributed by atoms with Gasteiger partial charge in [0.2, 0.25) is 5.75 Å². The number of amides is 4. The summed E-state index contributed by atoms with van der Waals surface area (Å²) in [6, 6.07) is 12.5. The lowest BCUT2D eigenvalue weighted by Crippen LogP contribution is -2.54. The Labute approximate surface area is 220 Å². The van der Waals surface area contributed by atoms with Crippen molar-refractivity contribution in [3.8, 4) is 11.5 Å². The van der Waals surface area contributed by atoms with Crippen molar-refractivity contribution in [2.75, 3.05) is 4.90 Å². The smallest absolute Gasteiger partial charge is 0.335 e. The molecule has 1 saturated heterocycles. The molecule has 0 bridgehead atoms. The number of non-ortho nitro benzene ring substituents is 1. The van der Waals surface area contributed by atoms with Crippen LogP contribution in [0.2, 0.25) is 5.02 Å². The third kappa shape index (κ3) is 5.17. The van der Waals surface area contributed by atoms with Crippen molar-refractivity contribution >= 4 is 68.5 Å². The van der Waals surface area contributed by atoms with Crippen molar-refractivity contribution in [3.63, 3.8) is 0 Å². The van der Waals surface area contributed by atoms with Gasteiger partial charge in [-0.05, 0) is 57.9 Å². The van der Waals surface area contributed by atoms with Gasteiger partial charge in [-0.1, -0.05) is 29.8 Å². The molecule has 4 amide bonds. The van der Waals surface area contributed by atoms with E-state index in [-0.39, 0.29) is 32.3 Å². The normalized spacial score (nSPS) is 14.5. The van der Waals surface area contributed by atoms with E-state index < -0.39 is 39.1 Å². The van der Waals surface area contributed by atoms with Gasteiger partial charge in [0, 0.05) is 6.07 Å². The molecule has 1 aliphatic rings. The first-order valence-corrected chi connectivity index (χ1v) is 11.3. The molecule has 0 spiro atoms. The Morgan fingerprint density at radius 1 is 0.946 bits per heavy atom. The molecule has 1 aliphatic heterocycles. The van der Waals surface area contributed by atoms with E-state index in [1.54, 1.807) is 12.1 Å². The summed E-state index contributed by atoms with van der Waals surface area (Å²) in [4.78, 5) is 59.3. The lowest BCUT2D eigenvalue weighted by atomic mass is 10.1. The summed E-state index contributed by atoms with van der Waals surface area (Å²) in [7, 11) is 0. The van der Waals surface area contributed by atoms with Crippen molar-refractivity contribution in [1.29, 1.82) is 0 Å². The minimum absolute atomic E-state index is 0.0969. The number of nitrogens with zero attached hydrogens (tertiary/aromatic N) is 3. The average Bonchev–Trinajstić information content (AvgIpc) is 2.84. The Kier molecular flexibility index (Phi) is 7.00. The van der Waals surface area contributed by atoms with Gasteiger partial charge in [-0.25, -0.2) is 9.69 Å². The first-order valence-electron chi connectivity index (χ1n) is 10.1. The van der Waals surface area contributed by atoms with Crippen LogP contribution in [0.4, 0.5) is 21.9 Å². The third-order valence-corrected chi connectivity index (χ3v) is 5.97. The maximum atomic E-state index is 13.0. The van der Waals surface area contributed by atoms with Crippen LogP contribution in [0.5, 0.6) is 11.5 Å². The predicted octanol–water partition coefficient (Wildman–Crippen LogP) is 5.38. The number of barbiturate groups is 1. The molecule has 0 saturated carbocycles. The number of nitro groups is 2. The van der Waals surface area contributed by atoms with Crippen LogP contribution in [-0.4, -0.2) is 27.7 Å². The van der Waals surface area contributed by atoms with E-state index in [0.29, 0.717) is 5.56 Å². The SMILES string of the molecule is O=C1NC(=O)N(c2ccccc2Cl)C(=O)/C1=C/c1ccc(Oc2ccc([N+](=O)[O-])cc2[N+](=O)[O-])c(Br)c1. The summed E-state index contributed by atoms with van der Waals surface area (Å²) >= 11 is 9.38. The van der Waals surface area contributed by atoms with E-state index in [9.17, 15) is 34.6 Å². The number of nitro benzene ring substituents is 2. The number of anilines is 1. The molecule has 0 aromatic heterocycles. The molecular formula is C23H12BrClN4O8. The second kappa shape index (κ2) is 10.2. The van der Waals surface area contributed by atoms with Gasteiger partial charge in [0.1, 0.15) is 11.3 Å². The number of hydrogen-bond acceptors (Lipinski definition) is 8. The number of ether oxygens (including phenoxy) is 1. The van der Waals surface area contributed by atoms with Crippen molar-refractivity contribution in [1.82, 2.24) is 5.32 Å². The summed E-state index contributed by atoms with van der Waals surface area (Å²) in [6.45, 7) is 0. The van der Waals surface area contributed by atoms with Crippen LogP contribution in [0.1, 0.15) is 5.56 Å². The zero-order valence-corrected chi connectivity index (χ0v) is 20.6. The van der Waals surface area contributed by atoms with Gasteiger partial charge in [-0.15, -0.1) is 0 Å². The first kappa shape index (κ1) is 25.5. The van der Waals surface area contributed by atoms with E-state index in [1.165, 1.54) is 36.4 Å². The van der Waals surface area contributed by atoms with Gasteiger partial charge in [0.15, 0.2) is 0 Å². The van der Waals surface area contributed by atoms with Crippen LogP contribution >= 0.6 is 27.5 Å². The van der Waals surface area contributed by atoms with Crippen molar-refractivity contribution in [3.05, 3.63) is 102 Å². The molecule has 37 heavy (non-hydrogen) atoms. The van der Waals surface area contributed by atoms with Crippen LogP contribution in [-0.2, 0) is 9.59 Å². The number of para-hydroxylation sites is 1. The summed E-state index contributed by atoms with van der Waals surface area (Å²) in [6.07, 6.45) is 1.25. The average molecular weight is 588 g/mol. The monoisotopic (exact) mass is 586 g/mol. The molecule has 14 heteroatoms. The molecule has 3 aromatic carbocycles. The number of halogens is 2. The topological polar surface area (TPSA) is 162 Å². The van der Waals surface area contributed by atoms with Crippen molar-refractivity contribution < 1.29 is 29.0 Å². The van der Waals surface area contributed by atoms with Gasteiger partial charge < -0.3 is 4.74 Å². The van der Waals surface area contributed by atoms with Crippen LogP contribution in [0.3, 0.4) is 0 Å². The van der Waals surface area contributed by atoms with Gasteiger partial charge in [0.25, 0.3) is 17.5 Å². The highest BCUT2D eigenvalue weighted by Crippen LogP contribution is 2.38. The number of carbonyl (C=O) groups is 3. The number of benzene rings is 3. The van der Waals surface area contributed by atoms with Crippen molar-refractivity contribution in [2.45, 2.75) is 0 Å². The highest BCUT2D eigenvalue weighted by Gasteiger charge is 2.37. The number of urea groups is 1. The van der Waals surface area contributed by atoms with Gasteiger partial charge in [0.05, 0.1) is 31.1 Å². The van der Waals surface area contributed by atoms with Crippen LogP contribution in [0.25, 0.3) is 6.08 Å². The largest absolute Gasteiger partial charge is 0.449 e. The fourth-order valence-corrected chi connectivity index (χ4v) is 4.03. The zero-order valence-electron chi connectivity index (χ0n) is 18.2. The maximum absolute atomic E-state index is 13.0. The van der Waals surface area contributed by atoms with Gasteiger partial charge in [-0.2, -0.15) is 0 Å². The maximum Gasteiger partial charge on any atom is 0.335 e. The molecular weight excluding hydrogens is 576 g/mol. The predicted molar refractivity (Wildman–Crippen MR) is 134 cm³/mol. The fourth-order valence-electron chi connectivity index (χ4n) is 3.33. The lowest BCUT2D eigenvalue weighted by molar-refractivity contribution is -0.394. The van der Waals surface area contributed by atoms with E-state index in [4.69, 9.17) is 16.3 Å². The highest BCUT2D eigenvalue weighted by atomic mass is 79.9. The zero-order chi connectivity index (χ0) is 26.9. The van der Waals surface area contributed by atoms with E-state index >= 15 is 0 Å². The fraction of sp³-hybridized carbons (Fsp3) is 0. The number of imide groups is 2. The van der Waals surface area contributed by atoms with Crippen molar-refractivity contribution in [2.24, 2.45) is 0 Å². The quantitative estimate of drug-likeness (QED) is 0.174. The molecule has 3 aromatic rings. The summed E-state index contributed by atoms with van der Waals surface area (Å²) in [5, 5.41) is 24.5. The Morgan fingerprint density at radius 3 is 2.30 bits per heavy atom. The van der Waals surface area contributed by atoms with Gasteiger partial charge >= 0.3 is 11.7 Å². The molecule has 4 rings (SSSR count).